The largest absolute Gasteiger partial charge is 0.463 e. The highest BCUT2D eigenvalue weighted by Crippen LogP contribution is 2.25. The Labute approximate surface area is 231 Å². The van der Waals surface area contributed by atoms with Gasteiger partial charge < -0.3 is 20.1 Å². The van der Waals surface area contributed by atoms with Gasteiger partial charge in [0, 0.05) is 19.4 Å². The van der Waals surface area contributed by atoms with Crippen LogP contribution in [0.3, 0.4) is 0 Å². The van der Waals surface area contributed by atoms with Crippen molar-refractivity contribution in [1.82, 2.24) is 10.2 Å². The maximum absolute atomic E-state index is 13.4. The molecule has 1 aliphatic heterocycles. The number of allylic oxidation sites excluding steroid dienone is 2. The number of nitrogens with zero attached hydrogens (tertiary/aromatic N) is 1. The molecule has 39 heavy (non-hydrogen) atoms. The molecule has 3 rings (SSSR count). The van der Waals surface area contributed by atoms with E-state index in [1.165, 1.54) is 0 Å². The van der Waals surface area contributed by atoms with Gasteiger partial charge in [-0.05, 0) is 48.8 Å². The summed E-state index contributed by atoms with van der Waals surface area (Å²) in [7, 11) is 0. The molecular formula is C32H40N2O5. The smallest absolute Gasteiger partial charge is 0.305 e. The van der Waals surface area contributed by atoms with Crippen LogP contribution < -0.4 is 5.32 Å². The molecule has 0 fully saturated rings. The lowest BCUT2D eigenvalue weighted by atomic mass is 9.92. The molecule has 208 valence electrons. The van der Waals surface area contributed by atoms with Crippen molar-refractivity contribution in [3.63, 3.8) is 0 Å². The number of aliphatic hydroxyl groups excluding tert-OH is 1. The molecule has 3 atom stereocenters. The van der Waals surface area contributed by atoms with E-state index in [1.807, 2.05) is 54.6 Å². The average Bonchev–Trinajstić information content (AvgIpc) is 2.95. The number of carbonyl (C=O) groups is 3. The number of hydrogen-bond acceptors (Lipinski definition) is 5. The zero-order chi connectivity index (χ0) is 28.0. The predicted molar refractivity (Wildman–Crippen MR) is 152 cm³/mol. The number of aliphatic hydroxyl groups is 1. The normalized spacial score (nSPS) is 15.9. The third-order valence-corrected chi connectivity index (χ3v) is 7.04. The number of ether oxygens (including phenoxy) is 1. The third kappa shape index (κ3) is 9.21. The Kier molecular flexibility index (Phi) is 12.0. The minimum Gasteiger partial charge on any atom is -0.463 e. The number of carbonyl (C=O) groups excluding carboxylic acids is 3. The number of benzene rings is 2. The molecule has 0 saturated heterocycles. The summed E-state index contributed by atoms with van der Waals surface area (Å²) in [5.41, 5.74) is 3.18. The number of nitrogens with one attached hydrogen (secondary N) is 1. The van der Waals surface area contributed by atoms with Crippen LogP contribution >= 0.6 is 0 Å². The first-order valence-electron chi connectivity index (χ1n) is 13.6. The lowest BCUT2D eigenvalue weighted by Gasteiger charge is -2.36. The maximum atomic E-state index is 13.4. The van der Waals surface area contributed by atoms with E-state index in [2.05, 4.69) is 18.5 Å². The molecule has 0 radical (unpaired) electrons. The second kappa shape index (κ2) is 15.6. The first kappa shape index (κ1) is 29.8. The van der Waals surface area contributed by atoms with Crippen LogP contribution in [-0.4, -0.2) is 53.1 Å². The highest BCUT2D eigenvalue weighted by atomic mass is 16.5. The second-order valence-corrected chi connectivity index (χ2v) is 10.0. The van der Waals surface area contributed by atoms with Gasteiger partial charge in [-0.1, -0.05) is 66.7 Å². The number of rotatable bonds is 15. The third-order valence-electron chi connectivity index (χ3n) is 7.04. The van der Waals surface area contributed by atoms with E-state index < -0.39 is 12.0 Å². The van der Waals surface area contributed by atoms with Crippen molar-refractivity contribution < 1.29 is 24.2 Å². The summed E-state index contributed by atoms with van der Waals surface area (Å²) in [4.78, 5) is 40.7. The number of amides is 2. The Morgan fingerprint density at radius 1 is 1.05 bits per heavy atom. The minimum atomic E-state index is -0.631. The Morgan fingerprint density at radius 3 is 2.46 bits per heavy atom. The number of unbranched alkanes of at least 4 members (excludes halogenated alkanes) is 1. The van der Waals surface area contributed by atoms with Gasteiger partial charge in [0.05, 0.1) is 24.6 Å². The molecule has 0 aromatic heterocycles. The van der Waals surface area contributed by atoms with E-state index in [9.17, 15) is 19.5 Å². The lowest BCUT2D eigenvalue weighted by molar-refractivity contribution is -0.145. The fourth-order valence-corrected chi connectivity index (χ4v) is 4.88. The van der Waals surface area contributed by atoms with Gasteiger partial charge in [0.15, 0.2) is 0 Å². The first-order chi connectivity index (χ1) is 18.9. The molecular weight excluding hydrogens is 492 g/mol. The SMILES string of the molecule is C=CCCCC(=O)OC[C@H](Cc1ccccc1)NC(=O)[C@H](CC=C)CC(=O)N1Cc2ccccc2C[C@H]1CO. The van der Waals surface area contributed by atoms with E-state index >= 15 is 0 Å². The quantitative estimate of drug-likeness (QED) is 0.204. The molecule has 2 aromatic carbocycles. The highest BCUT2D eigenvalue weighted by molar-refractivity contribution is 5.86. The molecule has 0 bridgehead atoms. The van der Waals surface area contributed by atoms with Crippen LogP contribution in [0.2, 0.25) is 0 Å². The Hall–Kier alpha value is -3.71. The van der Waals surface area contributed by atoms with E-state index in [4.69, 9.17) is 4.74 Å². The van der Waals surface area contributed by atoms with E-state index in [-0.39, 0.29) is 49.9 Å². The van der Waals surface area contributed by atoms with Crippen LogP contribution in [0, 0.1) is 5.92 Å². The van der Waals surface area contributed by atoms with Gasteiger partial charge in [0.1, 0.15) is 6.61 Å². The maximum Gasteiger partial charge on any atom is 0.305 e. The van der Waals surface area contributed by atoms with Crippen molar-refractivity contribution in [2.75, 3.05) is 13.2 Å². The number of hydrogen-bond donors (Lipinski definition) is 2. The van der Waals surface area contributed by atoms with Gasteiger partial charge in [-0.15, -0.1) is 13.2 Å². The van der Waals surface area contributed by atoms with Gasteiger partial charge in [0.25, 0.3) is 0 Å². The Bertz CT molecular complexity index is 1120. The molecule has 7 nitrogen and oxygen atoms in total. The van der Waals surface area contributed by atoms with Crippen molar-refractivity contribution in [1.29, 1.82) is 0 Å². The summed E-state index contributed by atoms with van der Waals surface area (Å²) in [5.74, 6) is -1.42. The molecule has 1 aliphatic rings. The van der Waals surface area contributed by atoms with Gasteiger partial charge in [-0.3, -0.25) is 14.4 Å². The summed E-state index contributed by atoms with van der Waals surface area (Å²) < 4.78 is 5.49. The summed E-state index contributed by atoms with van der Waals surface area (Å²) in [6.45, 7) is 7.75. The Morgan fingerprint density at radius 2 is 1.77 bits per heavy atom. The molecule has 2 aromatic rings. The molecule has 0 aliphatic carbocycles. The molecule has 0 saturated carbocycles. The summed E-state index contributed by atoms with van der Waals surface area (Å²) >= 11 is 0. The summed E-state index contributed by atoms with van der Waals surface area (Å²) in [6, 6.07) is 16.8. The van der Waals surface area contributed by atoms with Crippen molar-refractivity contribution in [2.45, 2.75) is 63.6 Å². The van der Waals surface area contributed by atoms with Crippen molar-refractivity contribution >= 4 is 17.8 Å². The summed E-state index contributed by atoms with van der Waals surface area (Å²) in [5, 5.41) is 13.0. The summed E-state index contributed by atoms with van der Waals surface area (Å²) in [6.07, 6.45) is 6.47. The standard InChI is InChI=1S/C32H40N2O5/c1-3-5-7-17-31(37)39-23-28(18-24-13-8-6-9-14-24)33-32(38)26(12-4-2)20-30(36)34-21-27-16-11-10-15-25(27)19-29(34)22-35/h3-4,6,8-11,13-16,26,28-29,35H,1-2,5,7,12,17-23H2,(H,33,38)/t26-,28+,29+/m1/s1. The van der Waals surface area contributed by atoms with Gasteiger partial charge in [-0.25, -0.2) is 0 Å². The molecule has 0 unspecified atom stereocenters. The van der Waals surface area contributed by atoms with E-state index in [0.717, 1.165) is 23.1 Å². The van der Waals surface area contributed by atoms with Crippen LogP contribution in [0.25, 0.3) is 0 Å². The van der Waals surface area contributed by atoms with Crippen LogP contribution in [0.4, 0.5) is 0 Å². The van der Waals surface area contributed by atoms with Crippen LogP contribution in [0.5, 0.6) is 0 Å². The second-order valence-electron chi connectivity index (χ2n) is 10.0. The van der Waals surface area contributed by atoms with Gasteiger partial charge in [-0.2, -0.15) is 0 Å². The van der Waals surface area contributed by atoms with Crippen molar-refractivity contribution in [2.24, 2.45) is 5.92 Å². The van der Waals surface area contributed by atoms with Crippen LogP contribution in [0.15, 0.2) is 79.9 Å². The molecule has 1 heterocycles. The van der Waals surface area contributed by atoms with E-state index in [0.29, 0.717) is 32.2 Å². The van der Waals surface area contributed by atoms with Gasteiger partial charge in [0.2, 0.25) is 11.8 Å². The van der Waals surface area contributed by atoms with Crippen LogP contribution in [0.1, 0.15) is 48.8 Å². The number of fused-ring (bicyclic) bond motifs is 1. The fourth-order valence-electron chi connectivity index (χ4n) is 4.88. The molecule has 7 heteroatoms. The minimum absolute atomic E-state index is 0.00405. The van der Waals surface area contributed by atoms with Crippen molar-refractivity contribution in [3.8, 4) is 0 Å². The monoisotopic (exact) mass is 532 g/mol. The first-order valence-corrected chi connectivity index (χ1v) is 13.6. The van der Waals surface area contributed by atoms with Gasteiger partial charge >= 0.3 is 5.97 Å². The van der Waals surface area contributed by atoms with Crippen molar-refractivity contribution in [3.05, 3.63) is 96.6 Å². The lowest BCUT2D eigenvalue weighted by Crippen LogP contribution is -2.48. The fraction of sp³-hybridized carbons (Fsp3) is 0.406. The zero-order valence-corrected chi connectivity index (χ0v) is 22.6. The molecule has 0 spiro atoms. The molecule has 2 amide bonds. The topological polar surface area (TPSA) is 95.9 Å². The van der Waals surface area contributed by atoms with E-state index in [1.54, 1.807) is 17.1 Å². The highest BCUT2D eigenvalue weighted by Gasteiger charge is 2.32. The zero-order valence-electron chi connectivity index (χ0n) is 22.6. The molecule has 2 N–H and O–H groups in total. The predicted octanol–water partition coefficient (Wildman–Crippen LogP) is 4.14. The Balaban J connectivity index is 1.67. The number of esters is 1. The van der Waals surface area contributed by atoms with Crippen LogP contribution in [-0.2, 0) is 38.5 Å². The average molecular weight is 533 g/mol.